The first-order valence-electron chi connectivity index (χ1n) is 5.33. The summed E-state index contributed by atoms with van der Waals surface area (Å²) in [5, 5.41) is 5.68. The minimum absolute atomic E-state index is 0.0172. The van der Waals surface area contributed by atoms with Crippen LogP contribution in [0.5, 0.6) is 0 Å². The lowest BCUT2D eigenvalue weighted by atomic mass is 10.4. The van der Waals surface area contributed by atoms with E-state index in [1.165, 1.54) is 5.69 Å². The second-order valence-corrected chi connectivity index (χ2v) is 3.47. The van der Waals surface area contributed by atoms with E-state index in [-0.39, 0.29) is 5.91 Å². The Balaban J connectivity index is 2.36. The van der Waals surface area contributed by atoms with Gasteiger partial charge in [0.1, 0.15) is 0 Å². The van der Waals surface area contributed by atoms with Crippen molar-refractivity contribution in [3.8, 4) is 0 Å². The molecule has 0 aliphatic carbocycles. The Morgan fingerprint density at radius 2 is 2.33 bits per heavy atom. The summed E-state index contributed by atoms with van der Waals surface area (Å²) in [5.41, 5.74) is 1.22. The molecule has 0 saturated carbocycles. The van der Waals surface area contributed by atoms with E-state index in [1.807, 2.05) is 6.07 Å². The molecule has 0 radical (unpaired) electrons. The number of likely N-dealkylation sites (N-methyl/N-ethyl adjacent to an activating group) is 1. The lowest BCUT2D eigenvalue weighted by Gasteiger charge is -2.08. The van der Waals surface area contributed by atoms with E-state index >= 15 is 0 Å². The summed E-state index contributed by atoms with van der Waals surface area (Å²) in [6, 6.07) is 4.11. The second-order valence-electron chi connectivity index (χ2n) is 3.47. The second kappa shape index (κ2) is 6.24. The SMILES string of the molecule is CCCn1cccc1CNCC(=O)NC. The van der Waals surface area contributed by atoms with Gasteiger partial charge in [0.25, 0.3) is 0 Å². The number of rotatable bonds is 6. The third-order valence-electron chi connectivity index (χ3n) is 2.26. The minimum Gasteiger partial charge on any atom is -0.358 e. The van der Waals surface area contributed by atoms with Gasteiger partial charge in [0.05, 0.1) is 6.54 Å². The highest BCUT2D eigenvalue weighted by atomic mass is 16.1. The van der Waals surface area contributed by atoms with E-state index in [4.69, 9.17) is 0 Å². The summed E-state index contributed by atoms with van der Waals surface area (Å²) in [5.74, 6) is 0.0172. The van der Waals surface area contributed by atoms with Gasteiger partial charge in [0.2, 0.25) is 5.91 Å². The fourth-order valence-electron chi connectivity index (χ4n) is 1.46. The van der Waals surface area contributed by atoms with Gasteiger partial charge in [-0.3, -0.25) is 4.79 Å². The number of aromatic nitrogens is 1. The molecule has 4 nitrogen and oxygen atoms in total. The van der Waals surface area contributed by atoms with Crippen LogP contribution in [0.2, 0.25) is 0 Å². The smallest absolute Gasteiger partial charge is 0.233 e. The fraction of sp³-hybridized carbons (Fsp3) is 0.545. The van der Waals surface area contributed by atoms with Crippen molar-refractivity contribution in [2.45, 2.75) is 26.4 Å². The number of nitrogens with zero attached hydrogens (tertiary/aromatic N) is 1. The first-order chi connectivity index (χ1) is 7.27. The first kappa shape index (κ1) is 11.8. The molecule has 0 bridgehead atoms. The van der Waals surface area contributed by atoms with Gasteiger partial charge in [-0.1, -0.05) is 6.92 Å². The molecule has 1 aromatic heterocycles. The zero-order valence-electron chi connectivity index (χ0n) is 9.42. The molecule has 1 aromatic rings. The molecular weight excluding hydrogens is 190 g/mol. The van der Waals surface area contributed by atoms with Crippen molar-refractivity contribution in [1.82, 2.24) is 15.2 Å². The molecule has 1 amide bonds. The van der Waals surface area contributed by atoms with Crippen molar-refractivity contribution in [3.05, 3.63) is 24.0 Å². The highest BCUT2D eigenvalue weighted by molar-refractivity contribution is 5.77. The Bertz CT molecular complexity index is 307. The molecule has 0 aliphatic rings. The average molecular weight is 209 g/mol. The summed E-state index contributed by atoms with van der Waals surface area (Å²) >= 11 is 0. The number of carbonyl (C=O) groups excluding carboxylic acids is 1. The number of nitrogens with one attached hydrogen (secondary N) is 2. The summed E-state index contributed by atoms with van der Waals surface area (Å²) in [6.45, 7) is 4.29. The van der Waals surface area contributed by atoms with Crippen LogP contribution in [0.25, 0.3) is 0 Å². The lowest BCUT2D eigenvalue weighted by Crippen LogP contribution is -2.31. The van der Waals surface area contributed by atoms with Crippen molar-refractivity contribution in [2.75, 3.05) is 13.6 Å². The van der Waals surface area contributed by atoms with Crippen molar-refractivity contribution in [3.63, 3.8) is 0 Å². The van der Waals surface area contributed by atoms with Gasteiger partial charge >= 0.3 is 0 Å². The molecule has 0 saturated heterocycles. The Hall–Kier alpha value is -1.29. The molecule has 0 spiro atoms. The number of hydrogen-bond donors (Lipinski definition) is 2. The van der Waals surface area contributed by atoms with Gasteiger partial charge in [-0.05, 0) is 18.6 Å². The summed E-state index contributed by atoms with van der Waals surface area (Å²) in [4.78, 5) is 11.0. The monoisotopic (exact) mass is 209 g/mol. The summed E-state index contributed by atoms with van der Waals surface area (Å²) in [6.07, 6.45) is 3.19. The topological polar surface area (TPSA) is 46.1 Å². The highest BCUT2D eigenvalue weighted by Gasteiger charge is 2.01. The maximum absolute atomic E-state index is 11.0. The van der Waals surface area contributed by atoms with Crippen LogP contribution in [0.4, 0.5) is 0 Å². The maximum atomic E-state index is 11.0. The molecule has 0 unspecified atom stereocenters. The van der Waals surface area contributed by atoms with E-state index in [1.54, 1.807) is 7.05 Å². The molecule has 0 aliphatic heterocycles. The van der Waals surface area contributed by atoms with Gasteiger partial charge in [0.15, 0.2) is 0 Å². The molecule has 2 N–H and O–H groups in total. The molecule has 1 rings (SSSR count). The van der Waals surface area contributed by atoms with Crippen LogP contribution in [0.15, 0.2) is 18.3 Å². The van der Waals surface area contributed by atoms with Crippen molar-refractivity contribution in [1.29, 1.82) is 0 Å². The predicted octanol–water partition coefficient (Wildman–Crippen LogP) is 0.734. The minimum atomic E-state index is 0.0172. The van der Waals surface area contributed by atoms with E-state index < -0.39 is 0 Å². The van der Waals surface area contributed by atoms with Crippen molar-refractivity contribution >= 4 is 5.91 Å². The van der Waals surface area contributed by atoms with E-state index in [9.17, 15) is 4.79 Å². The Morgan fingerprint density at radius 3 is 3.00 bits per heavy atom. The normalized spacial score (nSPS) is 10.3. The number of aryl methyl sites for hydroxylation is 1. The van der Waals surface area contributed by atoms with E-state index in [0.717, 1.165) is 19.5 Å². The predicted molar refractivity (Wildman–Crippen MR) is 60.5 cm³/mol. The zero-order valence-corrected chi connectivity index (χ0v) is 9.42. The molecule has 0 fully saturated rings. The van der Waals surface area contributed by atoms with E-state index in [2.05, 4.69) is 34.4 Å². The third-order valence-corrected chi connectivity index (χ3v) is 2.26. The highest BCUT2D eigenvalue weighted by Crippen LogP contribution is 2.02. The molecule has 1 heterocycles. The van der Waals surface area contributed by atoms with Crippen LogP contribution < -0.4 is 10.6 Å². The van der Waals surface area contributed by atoms with Crippen LogP contribution in [0.3, 0.4) is 0 Å². The van der Waals surface area contributed by atoms with Gasteiger partial charge in [-0.15, -0.1) is 0 Å². The molecule has 0 atom stereocenters. The maximum Gasteiger partial charge on any atom is 0.233 e. The van der Waals surface area contributed by atoms with Crippen LogP contribution in [-0.2, 0) is 17.9 Å². The van der Waals surface area contributed by atoms with Gasteiger partial charge in [0, 0.05) is 32.0 Å². The van der Waals surface area contributed by atoms with Crippen LogP contribution in [-0.4, -0.2) is 24.1 Å². The summed E-state index contributed by atoms with van der Waals surface area (Å²) in [7, 11) is 1.64. The Morgan fingerprint density at radius 1 is 1.53 bits per heavy atom. The van der Waals surface area contributed by atoms with Crippen molar-refractivity contribution in [2.24, 2.45) is 0 Å². The van der Waals surface area contributed by atoms with E-state index in [0.29, 0.717) is 6.54 Å². The molecular formula is C11H19N3O. The van der Waals surface area contributed by atoms with Gasteiger partial charge in [-0.2, -0.15) is 0 Å². The molecule has 15 heavy (non-hydrogen) atoms. The number of amides is 1. The van der Waals surface area contributed by atoms with Crippen LogP contribution in [0.1, 0.15) is 19.0 Å². The average Bonchev–Trinajstić information content (AvgIpc) is 2.66. The fourth-order valence-corrected chi connectivity index (χ4v) is 1.46. The summed E-state index contributed by atoms with van der Waals surface area (Å²) < 4.78 is 2.21. The standard InChI is InChI=1S/C11H19N3O/c1-3-6-14-7-4-5-10(14)8-13-9-11(15)12-2/h4-5,7,13H,3,6,8-9H2,1-2H3,(H,12,15). The quantitative estimate of drug-likeness (QED) is 0.725. The van der Waals surface area contributed by atoms with Crippen molar-refractivity contribution < 1.29 is 4.79 Å². The first-order valence-corrected chi connectivity index (χ1v) is 5.33. The van der Waals surface area contributed by atoms with Crippen LogP contribution in [0, 0.1) is 0 Å². The zero-order chi connectivity index (χ0) is 11.1. The van der Waals surface area contributed by atoms with Crippen LogP contribution >= 0.6 is 0 Å². The third kappa shape index (κ3) is 3.75. The molecule has 0 aromatic carbocycles. The molecule has 4 heteroatoms. The Labute approximate surface area is 90.7 Å². The van der Waals surface area contributed by atoms with Gasteiger partial charge in [-0.25, -0.2) is 0 Å². The Kier molecular flexibility index (Phi) is 4.90. The largest absolute Gasteiger partial charge is 0.358 e. The molecule has 84 valence electrons. The van der Waals surface area contributed by atoms with Gasteiger partial charge < -0.3 is 15.2 Å². The number of hydrogen-bond acceptors (Lipinski definition) is 2. The number of carbonyl (C=O) groups is 1. The lowest BCUT2D eigenvalue weighted by molar-refractivity contribution is -0.119.